The van der Waals surface area contributed by atoms with E-state index >= 15 is 0 Å². The topological polar surface area (TPSA) is 93.5 Å². The highest BCUT2D eigenvalue weighted by molar-refractivity contribution is 7.89. The number of hydrogen-bond acceptors (Lipinski definition) is 5. The lowest BCUT2D eigenvalue weighted by Crippen LogP contribution is -2.35. The molecule has 0 aromatic heterocycles. The molecule has 2 aromatic carbocycles. The Labute approximate surface area is 181 Å². The Balaban J connectivity index is 1.73. The van der Waals surface area contributed by atoms with E-state index in [4.69, 9.17) is 16.9 Å². The number of halogens is 1. The molecule has 1 aliphatic rings. The Morgan fingerprint density at radius 1 is 1.17 bits per heavy atom. The standard InChI is InChI=1S/C21H23ClN4O3S/c1-25(30(28,29)18-8-5-16(14-23)6-9-18)15-21(27)24-19-13-17(22)7-10-20(19)26-11-3-2-4-12-26/h5-10,13H,2-4,11-12,15H2,1H3,(H,24,27). The number of nitrogens with one attached hydrogen (secondary N) is 1. The fraction of sp³-hybridized carbons (Fsp3) is 0.333. The number of rotatable bonds is 6. The second-order valence-corrected chi connectivity index (χ2v) is 9.64. The summed E-state index contributed by atoms with van der Waals surface area (Å²) in [5.41, 5.74) is 1.81. The number of likely N-dealkylation sites (N-methyl/N-ethyl adjacent to an activating group) is 1. The van der Waals surface area contributed by atoms with Gasteiger partial charge >= 0.3 is 0 Å². The number of sulfonamides is 1. The van der Waals surface area contributed by atoms with Crippen molar-refractivity contribution in [2.24, 2.45) is 0 Å². The Kier molecular flexibility index (Phi) is 6.98. The smallest absolute Gasteiger partial charge is 0.243 e. The van der Waals surface area contributed by atoms with E-state index in [1.807, 2.05) is 12.1 Å². The normalized spacial score (nSPS) is 14.4. The minimum absolute atomic E-state index is 0.0218. The zero-order valence-corrected chi connectivity index (χ0v) is 18.2. The number of benzene rings is 2. The van der Waals surface area contributed by atoms with Crippen LogP contribution in [0.25, 0.3) is 0 Å². The molecule has 0 unspecified atom stereocenters. The molecule has 0 aliphatic carbocycles. The average molecular weight is 447 g/mol. The Bertz CT molecular complexity index is 1060. The van der Waals surface area contributed by atoms with E-state index in [1.54, 1.807) is 12.1 Å². The number of piperidine rings is 1. The van der Waals surface area contributed by atoms with Gasteiger partial charge in [-0.1, -0.05) is 11.6 Å². The fourth-order valence-electron chi connectivity index (χ4n) is 3.38. The molecule has 1 heterocycles. The van der Waals surface area contributed by atoms with Gasteiger partial charge in [0, 0.05) is 25.2 Å². The van der Waals surface area contributed by atoms with Crippen molar-refractivity contribution >= 4 is 38.9 Å². The van der Waals surface area contributed by atoms with Gasteiger partial charge in [-0.3, -0.25) is 4.79 Å². The van der Waals surface area contributed by atoms with Crippen molar-refractivity contribution in [3.05, 3.63) is 53.1 Å². The summed E-state index contributed by atoms with van der Waals surface area (Å²) in [6.45, 7) is 1.45. The predicted octanol–water partition coefficient (Wildman–Crippen LogP) is 3.46. The van der Waals surface area contributed by atoms with Crippen molar-refractivity contribution in [3.63, 3.8) is 0 Å². The van der Waals surface area contributed by atoms with Crippen molar-refractivity contribution in [2.75, 3.05) is 36.9 Å². The predicted molar refractivity (Wildman–Crippen MR) is 117 cm³/mol. The molecule has 0 spiro atoms. The SMILES string of the molecule is CN(CC(=O)Nc1cc(Cl)ccc1N1CCCCC1)S(=O)(=O)c1ccc(C#N)cc1. The first kappa shape index (κ1) is 22.1. The van der Waals surface area contributed by atoms with Gasteiger partial charge in [0.2, 0.25) is 15.9 Å². The molecule has 3 rings (SSSR count). The van der Waals surface area contributed by atoms with E-state index in [9.17, 15) is 13.2 Å². The summed E-state index contributed by atoms with van der Waals surface area (Å²) >= 11 is 6.12. The van der Waals surface area contributed by atoms with Crippen LogP contribution in [0.2, 0.25) is 5.02 Å². The lowest BCUT2D eigenvalue weighted by molar-refractivity contribution is -0.116. The van der Waals surface area contributed by atoms with E-state index in [2.05, 4.69) is 10.2 Å². The lowest BCUT2D eigenvalue weighted by Gasteiger charge is -2.30. The van der Waals surface area contributed by atoms with Crippen LogP contribution in [0.3, 0.4) is 0 Å². The minimum atomic E-state index is -3.86. The monoisotopic (exact) mass is 446 g/mol. The Morgan fingerprint density at radius 2 is 1.83 bits per heavy atom. The second-order valence-electron chi connectivity index (χ2n) is 7.15. The molecule has 30 heavy (non-hydrogen) atoms. The quantitative estimate of drug-likeness (QED) is 0.733. The van der Waals surface area contributed by atoms with Crippen LogP contribution >= 0.6 is 11.6 Å². The van der Waals surface area contributed by atoms with Gasteiger partial charge in [-0.15, -0.1) is 0 Å². The largest absolute Gasteiger partial charge is 0.370 e. The number of amides is 1. The van der Waals surface area contributed by atoms with Crippen molar-refractivity contribution in [3.8, 4) is 6.07 Å². The highest BCUT2D eigenvalue weighted by Crippen LogP contribution is 2.31. The maximum atomic E-state index is 12.7. The summed E-state index contributed by atoms with van der Waals surface area (Å²) < 4.78 is 26.4. The van der Waals surface area contributed by atoms with Gasteiger partial charge in [0.25, 0.3) is 0 Å². The zero-order chi connectivity index (χ0) is 21.7. The van der Waals surface area contributed by atoms with E-state index in [0.717, 1.165) is 35.9 Å². The third-order valence-electron chi connectivity index (χ3n) is 4.99. The zero-order valence-electron chi connectivity index (χ0n) is 16.6. The number of nitriles is 1. The summed E-state index contributed by atoms with van der Waals surface area (Å²) in [4.78, 5) is 14.8. The lowest BCUT2D eigenvalue weighted by atomic mass is 10.1. The summed E-state index contributed by atoms with van der Waals surface area (Å²) in [5.74, 6) is -0.463. The molecule has 1 saturated heterocycles. The van der Waals surface area contributed by atoms with Gasteiger partial charge in [-0.2, -0.15) is 9.57 Å². The third kappa shape index (κ3) is 5.11. The van der Waals surface area contributed by atoms with Crippen LogP contribution in [-0.2, 0) is 14.8 Å². The van der Waals surface area contributed by atoms with Gasteiger partial charge in [0.05, 0.1) is 34.4 Å². The van der Waals surface area contributed by atoms with Crippen molar-refractivity contribution in [1.29, 1.82) is 5.26 Å². The van der Waals surface area contributed by atoms with Gasteiger partial charge in [0.15, 0.2) is 0 Å². The summed E-state index contributed by atoms with van der Waals surface area (Å²) in [5, 5.41) is 12.2. The Hall–Kier alpha value is -2.60. The highest BCUT2D eigenvalue weighted by Gasteiger charge is 2.24. The summed E-state index contributed by atoms with van der Waals surface area (Å²) in [6, 6.07) is 12.8. The minimum Gasteiger partial charge on any atom is -0.370 e. The molecule has 1 N–H and O–H groups in total. The van der Waals surface area contributed by atoms with E-state index in [1.165, 1.54) is 37.7 Å². The summed E-state index contributed by atoms with van der Waals surface area (Å²) in [6.07, 6.45) is 3.35. The van der Waals surface area contributed by atoms with Crippen molar-refractivity contribution in [1.82, 2.24) is 4.31 Å². The number of nitrogens with zero attached hydrogens (tertiary/aromatic N) is 3. The number of hydrogen-bond donors (Lipinski definition) is 1. The van der Waals surface area contributed by atoms with E-state index in [0.29, 0.717) is 16.3 Å². The van der Waals surface area contributed by atoms with Crippen LogP contribution < -0.4 is 10.2 Å². The van der Waals surface area contributed by atoms with Crippen LogP contribution in [0.15, 0.2) is 47.4 Å². The van der Waals surface area contributed by atoms with Crippen LogP contribution in [0.5, 0.6) is 0 Å². The fourth-order valence-corrected chi connectivity index (χ4v) is 4.68. The van der Waals surface area contributed by atoms with Crippen LogP contribution in [0.4, 0.5) is 11.4 Å². The second kappa shape index (κ2) is 9.47. The maximum absolute atomic E-state index is 12.7. The molecule has 0 bridgehead atoms. The maximum Gasteiger partial charge on any atom is 0.243 e. The molecule has 1 amide bonds. The van der Waals surface area contributed by atoms with Gasteiger partial charge < -0.3 is 10.2 Å². The molecule has 1 fully saturated rings. The Morgan fingerprint density at radius 3 is 2.47 bits per heavy atom. The molecule has 9 heteroatoms. The summed E-state index contributed by atoms with van der Waals surface area (Å²) in [7, 11) is -2.52. The van der Waals surface area contributed by atoms with Crippen molar-refractivity contribution < 1.29 is 13.2 Å². The molecule has 1 aliphatic heterocycles. The van der Waals surface area contributed by atoms with E-state index < -0.39 is 15.9 Å². The molecule has 2 aromatic rings. The van der Waals surface area contributed by atoms with Gasteiger partial charge in [-0.25, -0.2) is 8.42 Å². The molecular formula is C21H23ClN4O3S. The molecule has 158 valence electrons. The molecular weight excluding hydrogens is 424 g/mol. The van der Waals surface area contributed by atoms with Crippen LogP contribution in [-0.4, -0.2) is 45.3 Å². The van der Waals surface area contributed by atoms with Crippen LogP contribution in [0, 0.1) is 11.3 Å². The van der Waals surface area contributed by atoms with Crippen LogP contribution in [0.1, 0.15) is 24.8 Å². The first-order valence-corrected chi connectivity index (χ1v) is 11.4. The average Bonchev–Trinajstić information content (AvgIpc) is 2.74. The van der Waals surface area contributed by atoms with Gasteiger partial charge in [0.1, 0.15) is 0 Å². The first-order valence-electron chi connectivity index (χ1n) is 9.62. The molecule has 0 saturated carbocycles. The molecule has 0 atom stereocenters. The first-order chi connectivity index (χ1) is 14.3. The molecule has 0 radical (unpaired) electrons. The third-order valence-corrected chi connectivity index (χ3v) is 7.04. The number of anilines is 2. The number of carbonyl (C=O) groups is 1. The number of carbonyl (C=O) groups excluding carboxylic acids is 1. The van der Waals surface area contributed by atoms with E-state index in [-0.39, 0.29) is 11.4 Å². The van der Waals surface area contributed by atoms with Crippen molar-refractivity contribution in [2.45, 2.75) is 24.2 Å². The molecule has 7 nitrogen and oxygen atoms in total. The van der Waals surface area contributed by atoms with Gasteiger partial charge in [-0.05, 0) is 61.7 Å². The highest BCUT2D eigenvalue weighted by atomic mass is 35.5.